The van der Waals surface area contributed by atoms with E-state index in [9.17, 15) is 14.0 Å². The molecule has 6 heteroatoms. The van der Waals surface area contributed by atoms with Crippen molar-refractivity contribution in [3.63, 3.8) is 0 Å². The number of amides is 2. The third-order valence-corrected chi connectivity index (χ3v) is 5.32. The summed E-state index contributed by atoms with van der Waals surface area (Å²) >= 11 is 0. The molecule has 142 valence electrons. The fourth-order valence-electron chi connectivity index (χ4n) is 3.70. The van der Waals surface area contributed by atoms with E-state index in [0.717, 1.165) is 13.0 Å². The number of rotatable bonds is 5. The van der Waals surface area contributed by atoms with E-state index >= 15 is 0 Å². The number of piperazine rings is 1. The van der Waals surface area contributed by atoms with Gasteiger partial charge in [-0.3, -0.25) is 9.59 Å². The number of carbonyl (C=O) groups excluding carboxylic acids is 2. The van der Waals surface area contributed by atoms with Gasteiger partial charge in [0, 0.05) is 45.7 Å². The van der Waals surface area contributed by atoms with Gasteiger partial charge in [0.1, 0.15) is 5.82 Å². The van der Waals surface area contributed by atoms with E-state index < -0.39 is 0 Å². The van der Waals surface area contributed by atoms with Crippen LogP contribution in [-0.4, -0.2) is 60.9 Å². The third kappa shape index (κ3) is 4.17. The lowest BCUT2D eigenvalue weighted by Crippen LogP contribution is -2.51. The van der Waals surface area contributed by atoms with Crippen LogP contribution in [0.2, 0.25) is 0 Å². The predicted octanol–water partition coefficient (Wildman–Crippen LogP) is 2.37. The van der Waals surface area contributed by atoms with Gasteiger partial charge in [0.15, 0.2) is 0 Å². The van der Waals surface area contributed by atoms with Crippen molar-refractivity contribution < 1.29 is 14.0 Å². The maximum atomic E-state index is 13.9. The number of likely N-dealkylation sites (tertiary alicyclic amines) is 1. The Morgan fingerprint density at radius 1 is 1.19 bits per heavy atom. The number of hydrogen-bond donors (Lipinski definition) is 0. The Labute approximate surface area is 154 Å². The number of hydrogen-bond acceptors (Lipinski definition) is 3. The first-order valence-electron chi connectivity index (χ1n) is 9.51. The normalized spacial score (nSPS) is 21.0. The Morgan fingerprint density at radius 2 is 1.88 bits per heavy atom. The fourth-order valence-corrected chi connectivity index (χ4v) is 3.70. The molecule has 0 spiro atoms. The van der Waals surface area contributed by atoms with Crippen molar-refractivity contribution in [3.05, 3.63) is 30.1 Å². The summed E-state index contributed by atoms with van der Waals surface area (Å²) in [5.74, 6) is 0.251. The zero-order valence-corrected chi connectivity index (χ0v) is 15.7. The molecule has 2 heterocycles. The van der Waals surface area contributed by atoms with Crippen LogP contribution in [0.5, 0.6) is 0 Å². The second kappa shape index (κ2) is 8.06. The average molecular weight is 361 g/mol. The molecule has 5 nitrogen and oxygen atoms in total. The highest BCUT2D eigenvalue weighted by atomic mass is 19.1. The SMILES string of the molecule is CC(C)CCN1CC(C(=O)N2CCN(c3ccccc3F)CC2)CC1=O. The molecule has 2 aliphatic heterocycles. The van der Waals surface area contributed by atoms with E-state index in [1.807, 2.05) is 20.8 Å². The van der Waals surface area contributed by atoms with Crippen molar-refractivity contribution in [1.82, 2.24) is 9.80 Å². The van der Waals surface area contributed by atoms with E-state index in [4.69, 9.17) is 0 Å². The first kappa shape index (κ1) is 18.7. The summed E-state index contributed by atoms with van der Waals surface area (Å²) in [6, 6.07) is 6.74. The highest BCUT2D eigenvalue weighted by Crippen LogP contribution is 2.24. The minimum atomic E-state index is -0.227. The third-order valence-electron chi connectivity index (χ3n) is 5.32. The largest absolute Gasteiger partial charge is 0.366 e. The molecule has 3 rings (SSSR count). The monoisotopic (exact) mass is 361 g/mol. The first-order valence-corrected chi connectivity index (χ1v) is 9.51. The molecule has 0 saturated carbocycles. The fraction of sp³-hybridized carbons (Fsp3) is 0.600. The molecule has 0 bridgehead atoms. The number of anilines is 1. The van der Waals surface area contributed by atoms with Gasteiger partial charge < -0.3 is 14.7 Å². The van der Waals surface area contributed by atoms with E-state index in [2.05, 4.69) is 13.8 Å². The van der Waals surface area contributed by atoms with Gasteiger partial charge >= 0.3 is 0 Å². The molecule has 1 aromatic rings. The lowest BCUT2D eigenvalue weighted by molar-refractivity contribution is -0.136. The Bertz CT molecular complexity index is 656. The zero-order chi connectivity index (χ0) is 18.7. The molecular weight excluding hydrogens is 333 g/mol. The predicted molar refractivity (Wildman–Crippen MR) is 99.3 cm³/mol. The lowest BCUT2D eigenvalue weighted by Gasteiger charge is -2.37. The van der Waals surface area contributed by atoms with Crippen LogP contribution in [0, 0.1) is 17.7 Å². The highest BCUT2D eigenvalue weighted by molar-refractivity contribution is 5.89. The van der Waals surface area contributed by atoms with Gasteiger partial charge in [0.05, 0.1) is 11.6 Å². The van der Waals surface area contributed by atoms with Crippen molar-refractivity contribution >= 4 is 17.5 Å². The summed E-state index contributed by atoms with van der Waals surface area (Å²) in [4.78, 5) is 30.6. The molecule has 2 amide bonds. The van der Waals surface area contributed by atoms with Gasteiger partial charge in [0.25, 0.3) is 0 Å². The van der Waals surface area contributed by atoms with Crippen LogP contribution >= 0.6 is 0 Å². The van der Waals surface area contributed by atoms with Crippen LogP contribution in [0.25, 0.3) is 0 Å². The summed E-state index contributed by atoms with van der Waals surface area (Å²) in [7, 11) is 0. The number of para-hydroxylation sites is 1. The maximum absolute atomic E-state index is 13.9. The topological polar surface area (TPSA) is 43.9 Å². The number of carbonyl (C=O) groups is 2. The van der Waals surface area contributed by atoms with Crippen molar-refractivity contribution in [2.75, 3.05) is 44.2 Å². The van der Waals surface area contributed by atoms with Crippen molar-refractivity contribution in [1.29, 1.82) is 0 Å². The molecule has 1 unspecified atom stereocenters. The molecule has 0 N–H and O–H groups in total. The first-order chi connectivity index (χ1) is 12.5. The van der Waals surface area contributed by atoms with Crippen molar-refractivity contribution in [3.8, 4) is 0 Å². The molecular formula is C20H28FN3O2. The summed E-state index contributed by atoms with van der Waals surface area (Å²) in [5.41, 5.74) is 0.593. The smallest absolute Gasteiger partial charge is 0.228 e. The number of halogens is 1. The Morgan fingerprint density at radius 3 is 2.54 bits per heavy atom. The van der Waals surface area contributed by atoms with Gasteiger partial charge in [-0.1, -0.05) is 26.0 Å². The molecule has 1 atom stereocenters. The van der Waals surface area contributed by atoms with Crippen LogP contribution < -0.4 is 4.90 Å². The van der Waals surface area contributed by atoms with Crippen LogP contribution in [0.1, 0.15) is 26.7 Å². The van der Waals surface area contributed by atoms with Crippen LogP contribution in [0.4, 0.5) is 10.1 Å². The summed E-state index contributed by atoms with van der Waals surface area (Å²) < 4.78 is 13.9. The highest BCUT2D eigenvalue weighted by Gasteiger charge is 2.37. The van der Waals surface area contributed by atoms with E-state index in [1.165, 1.54) is 6.07 Å². The minimum Gasteiger partial charge on any atom is -0.366 e. The van der Waals surface area contributed by atoms with Gasteiger partial charge in [0.2, 0.25) is 11.8 Å². The molecule has 26 heavy (non-hydrogen) atoms. The van der Waals surface area contributed by atoms with Gasteiger partial charge in [-0.2, -0.15) is 0 Å². The Hall–Kier alpha value is -2.11. The summed E-state index contributed by atoms with van der Waals surface area (Å²) in [6.45, 7) is 7.93. The van der Waals surface area contributed by atoms with Crippen LogP contribution in [0.3, 0.4) is 0 Å². The molecule has 2 aliphatic rings. The molecule has 0 radical (unpaired) electrons. The van der Waals surface area contributed by atoms with Crippen molar-refractivity contribution in [2.24, 2.45) is 11.8 Å². The summed E-state index contributed by atoms with van der Waals surface area (Å²) in [6.07, 6.45) is 1.29. The Kier molecular flexibility index (Phi) is 5.79. The number of nitrogens with zero attached hydrogens (tertiary/aromatic N) is 3. The molecule has 0 aliphatic carbocycles. The molecule has 0 aromatic heterocycles. The quantitative estimate of drug-likeness (QED) is 0.809. The average Bonchev–Trinajstić information content (AvgIpc) is 3.01. The van der Waals surface area contributed by atoms with Gasteiger partial charge in [-0.25, -0.2) is 4.39 Å². The van der Waals surface area contributed by atoms with E-state index in [1.54, 1.807) is 12.1 Å². The second-order valence-corrected chi connectivity index (χ2v) is 7.69. The molecule has 1 aromatic carbocycles. The second-order valence-electron chi connectivity index (χ2n) is 7.69. The van der Waals surface area contributed by atoms with Crippen LogP contribution in [-0.2, 0) is 9.59 Å². The Balaban J connectivity index is 1.53. The van der Waals surface area contributed by atoms with E-state index in [0.29, 0.717) is 50.7 Å². The molecule has 2 fully saturated rings. The minimum absolute atomic E-state index is 0.0681. The number of benzene rings is 1. The summed E-state index contributed by atoms with van der Waals surface area (Å²) in [5, 5.41) is 0. The van der Waals surface area contributed by atoms with Crippen molar-refractivity contribution in [2.45, 2.75) is 26.7 Å². The van der Waals surface area contributed by atoms with Gasteiger partial charge in [-0.05, 0) is 24.5 Å². The molecule has 2 saturated heterocycles. The van der Waals surface area contributed by atoms with Crippen LogP contribution in [0.15, 0.2) is 24.3 Å². The standard InChI is InChI=1S/C20H28FN3O2/c1-15(2)7-8-24-14-16(13-19(24)25)20(26)23-11-9-22(10-12-23)18-6-4-3-5-17(18)21/h3-6,15-16H,7-14H2,1-2H3. The van der Waals surface area contributed by atoms with Gasteiger partial charge in [-0.15, -0.1) is 0 Å². The van der Waals surface area contributed by atoms with E-state index in [-0.39, 0.29) is 23.5 Å². The zero-order valence-electron chi connectivity index (χ0n) is 15.7. The lowest BCUT2D eigenvalue weighted by atomic mass is 10.1. The maximum Gasteiger partial charge on any atom is 0.228 e.